The van der Waals surface area contributed by atoms with Crippen LogP contribution in [-0.4, -0.2) is 192 Å². The first-order valence-corrected chi connectivity index (χ1v) is 17.6. The zero-order valence-electron chi connectivity index (χ0n) is 24.6. The highest BCUT2D eigenvalue weighted by atomic mass is 32.3. The van der Waals surface area contributed by atoms with E-state index in [1.807, 2.05) is 0 Å². The zero-order chi connectivity index (χ0) is 37.2. The number of hydrogen-bond acceptors (Lipinski definition) is 22. The van der Waals surface area contributed by atoms with E-state index in [2.05, 4.69) is 17.9 Å². The van der Waals surface area contributed by atoms with Gasteiger partial charge in [-0.15, -0.1) is 0 Å². The average Bonchev–Trinajstić information content (AvgIpc) is 2.96. The van der Waals surface area contributed by atoms with E-state index >= 15 is 0 Å². The first-order valence-electron chi connectivity index (χ1n) is 13.5. The molecule has 3 saturated heterocycles. The van der Waals surface area contributed by atoms with E-state index in [4.69, 9.17) is 37.3 Å². The van der Waals surface area contributed by atoms with E-state index in [1.54, 1.807) is 0 Å². The monoisotopic (exact) mass is 785 g/mol. The van der Waals surface area contributed by atoms with Crippen LogP contribution in [0.3, 0.4) is 0 Å². The second-order valence-electron chi connectivity index (χ2n) is 10.7. The van der Waals surface area contributed by atoms with Crippen LogP contribution >= 0.6 is 0 Å². The first-order chi connectivity index (χ1) is 22.4. The molecule has 0 aromatic carbocycles. The number of aliphatic hydroxyl groups excluding tert-OH is 7. The summed E-state index contributed by atoms with van der Waals surface area (Å²) < 4.78 is 133. The summed E-state index contributed by atoms with van der Waals surface area (Å²) in [5.41, 5.74) is 0. The Hall–Kier alpha value is -1.40. The van der Waals surface area contributed by atoms with Crippen molar-refractivity contribution < 1.29 is 116 Å². The summed E-state index contributed by atoms with van der Waals surface area (Å²) in [4.78, 5) is 12.1. The lowest BCUT2D eigenvalue weighted by molar-refractivity contribution is -0.364. The molecule has 1 amide bonds. The number of carbonyl (C=O) groups excluding carboxylic acids is 1. The van der Waals surface area contributed by atoms with Gasteiger partial charge in [-0.05, 0) is 0 Å². The van der Waals surface area contributed by atoms with Crippen molar-refractivity contribution in [2.24, 2.45) is 0 Å². The van der Waals surface area contributed by atoms with Crippen molar-refractivity contribution in [1.82, 2.24) is 5.32 Å². The number of ether oxygens (including phenoxy) is 5. The predicted molar refractivity (Wildman–Crippen MR) is 144 cm³/mol. The summed E-state index contributed by atoms with van der Waals surface area (Å²) in [5, 5.41) is 75.8. The molecule has 0 aromatic heterocycles. The molecule has 11 N–H and O–H groups in total. The molecule has 3 aliphatic heterocycles. The summed E-state index contributed by atoms with van der Waals surface area (Å²) in [7, 11) is -15.5. The number of aliphatic hydroxyl groups is 7. The van der Waals surface area contributed by atoms with Gasteiger partial charge in [0, 0.05) is 6.92 Å². The number of carbonyl (C=O) groups is 1. The summed E-state index contributed by atoms with van der Waals surface area (Å²) in [6.45, 7) is -2.66. The van der Waals surface area contributed by atoms with Crippen molar-refractivity contribution >= 4 is 37.1 Å². The Morgan fingerprint density at radius 2 is 1.02 bits per heavy atom. The van der Waals surface area contributed by atoms with E-state index in [0.717, 1.165) is 6.92 Å². The molecule has 0 radical (unpaired) electrons. The van der Waals surface area contributed by atoms with E-state index < -0.39 is 149 Å². The highest BCUT2D eigenvalue weighted by Gasteiger charge is 2.54. The van der Waals surface area contributed by atoms with Crippen molar-refractivity contribution in [2.45, 2.75) is 99.0 Å². The molecule has 3 aliphatic rings. The van der Waals surface area contributed by atoms with Crippen LogP contribution in [0.25, 0.3) is 0 Å². The molecule has 3 fully saturated rings. The maximum absolute atomic E-state index is 12.1. The molecule has 49 heavy (non-hydrogen) atoms. The van der Waals surface area contributed by atoms with Gasteiger partial charge in [0.25, 0.3) is 0 Å². The Morgan fingerprint density at radius 3 is 1.51 bits per heavy atom. The standard InChI is InChI=1S/C20H35NO25S3/c1-5(22)21-9-12(25)16(45-20-14(27)13(26)10(23)6(43-20)2-39-47(30,31)32)8(4-41-49(36,37)38)44-19(9)46-17-11(24)7(3-40-48(33,34)35)42-18(29)15(17)28/h6-20,23-29H,2-4H2,1H3,(H,21,22)(H,30,31,32)(H,33,34,35)(H,36,37,38)/t6-,7-,8-,9-,10+,11+,12-,13+,14-,15-,16-,17+,18-,19+,20+/m1/s1. The largest absolute Gasteiger partial charge is 0.397 e. The second-order valence-corrected chi connectivity index (χ2v) is 13.9. The van der Waals surface area contributed by atoms with Crippen molar-refractivity contribution in [3.63, 3.8) is 0 Å². The maximum Gasteiger partial charge on any atom is 0.397 e. The van der Waals surface area contributed by atoms with E-state index in [-0.39, 0.29) is 0 Å². The van der Waals surface area contributed by atoms with Crippen LogP contribution in [0, 0.1) is 0 Å². The first kappa shape index (κ1) is 42.0. The molecule has 0 saturated carbocycles. The zero-order valence-corrected chi connectivity index (χ0v) is 27.1. The predicted octanol–water partition coefficient (Wildman–Crippen LogP) is -7.95. The Morgan fingerprint density at radius 1 is 0.571 bits per heavy atom. The minimum absolute atomic E-state index is 0.920. The van der Waals surface area contributed by atoms with Gasteiger partial charge in [-0.25, -0.2) is 12.5 Å². The summed E-state index contributed by atoms with van der Waals surface area (Å²) >= 11 is 0. The van der Waals surface area contributed by atoms with E-state index in [1.165, 1.54) is 0 Å². The summed E-state index contributed by atoms with van der Waals surface area (Å²) in [5.74, 6) is -0.921. The van der Waals surface area contributed by atoms with Gasteiger partial charge in [0.1, 0.15) is 73.2 Å². The maximum atomic E-state index is 12.1. The topological polar surface area (TPSA) is 408 Å². The lowest BCUT2D eigenvalue weighted by Gasteiger charge is -2.49. The Kier molecular flexibility index (Phi) is 14.2. The molecule has 29 heteroatoms. The third-order valence-corrected chi connectivity index (χ3v) is 8.40. The molecule has 26 nitrogen and oxygen atoms in total. The molecule has 0 aliphatic carbocycles. The van der Waals surface area contributed by atoms with Crippen LogP contribution in [0.5, 0.6) is 0 Å². The fourth-order valence-electron chi connectivity index (χ4n) is 4.88. The molecule has 0 spiro atoms. The van der Waals surface area contributed by atoms with Gasteiger partial charge in [-0.2, -0.15) is 25.3 Å². The lowest BCUT2D eigenvalue weighted by atomic mass is 9.94. The Balaban J connectivity index is 1.93. The van der Waals surface area contributed by atoms with Crippen LogP contribution < -0.4 is 5.32 Å². The highest BCUT2D eigenvalue weighted by Crippen LogP contribution is 2.33. The van der Waals surface area contributed by atoms with Crippen molar-refractivity contribution in [2.75, 3.05) is 19.8 Å². The quantitative estimate of drug-likeness (QED) is 0.0728. The van der Waals surface area contributed by atoms with Crippen molar-refractivity contribution in [3.05, 3.63) is 0 Å². The Labute approximate surface area is 276 Å². The minimum atomic E-state index is -5.27. The highest BCUT2D eigenvalue weighted by molar-refractivity contribution is 7.81. The van der Waals surface area contributed by atoms with Crippen LogP contribution in [0.1, 0.15) is 6.92 Å². The van der Waals surface area contributed by atoms with Crippen LogP contribution in [-0.2, 0) is 72.2 Å². The third kappa shape index (κ3) is 11.8. The molecular weight excluding hydrogens is 750 g/mol. The number of nitrogens with one attached hydrogen (secondary N) is 1. The van der Waals surface area contributed by atoms with E-state index in [9.17, 15) is 65.8 Å². The van der Waals surface area contributed by atoms with Crippen molar-refractivity contribution in [1.29, 1.82) is 0 Å². The summed E-state index contributed by atoms with van der Waals surface area (Å²) in [6, 6.07) is -1.87. The normalized spacial score (nSPS) is 40.9. The Bertz CT molecular complexity index is 1440. The molecule has 0 unspecified atom stereocenters. The van der Waals surface area contributed by atoms with Gasteiger partial charge in [0.15, 0.2) is 18.9 Å². The molecule has 3 heterocycles. The number of rotatable bonds is 14. The van der Waals surface area contributed by atoms with Crippen LogP contribution in [0.2, 0.25) is 0 Å². The molecule has 3 rings (SSSR count). The lowest BCUT2D eigenvalue weighted by Crippen LogP contribution is -2.69. The molecular formula is C20H35NO25S3. The molecule has 288 valence electrons. The SMILES string of the molecule is CC(=O)N[C@H]1[C@H](O[C@@H]2[C@@H](O)[C@H](O)O[C@H](COS(=O)(=O)O)[C@@H]2O)O[C@H](COS(=O)(=O)O)[C@@H](O[C@@H]2O[C@H](COS(=O)(=O)O)[C@H](O)[C@H](O)[C@H]2O)[C@@H]1O. The van der Waals surface area contributed by atoms with Crippen LogP contribution in [0.4, 0.5) is 0 Å². The fraction of sp³-hybridized carbons (Fsp3) is 0.950. The van der Waals surface area contributed by atoms with Gasteiger partial charge in [-0.1, -0.05) is 0 Å². The average molecular weight is 786 g/mol. The number of hydrogen-bond donors (Lipinski definition) is 11. The van der Waals surface area contributed by atoms with Crippen LogP contribution in [0.15, 0.2) is 0 Å². The van der Waals surface area contributed by atoms with E-state index in [0.29, 0.717) is 0 Å². The summed E-state index contributed by atoms with van der Waals surface area (Å²) in [6.07, 6.45) is -29.2. The van der Waals surface area contributed by atoms with Gasteiger partial charge < -0.3 is 64.7 Å². The van der Waals surface area contributed by atoms with Gasteiger partial charge in [-0.3, -0.25) is 18.5 Å². The fourth-order valence-corrected chi connectivity index (χ4v) is 5.80. The van der Waals surface area contributed by atoms with Crippen molar-refractivity contribution in [3.8, 4) is 0 Å². The van der Waals surface area contributed by atoms with Gasteiger partial charge in [0.05, 0.1) is 19.8 Å². The second kappa shape index (κ2) is 16.5. The molecule has 15 atom stereocenters. The minimum Gasteiger partial charge on any atom is -0.388 e. The third-order valence-electron chi connectivity index (χ3n) is 7.10. The molecule has 0 aromatic rings. The molecule has 0 bridgehead atoms. The number of amides is 1. The van der Waals surface area contributed by atoms with Gasteiger partial charge >= 0.3 is 31.2 Å². The smallest absolute Gasteiger partial charge is 0.388 e. The van der Waals surface area contributed by atoms with Gasteiger partial charge in [0.2, 0.25) is 5.91 Å².